The van der Waals surface area contributed by atoms with Crippen LogP contribution in [0, 0.1) is 11.8 Å². The van der Waals surface area contributed by atoms with Crippen molar-refractivity contribution in [3.63, 3.8) is 0 Å². The second-order valence-corrected chi connectivity index (χ2v) is 7.83. The zero-order valence-corrected chi connectivity index (χ0v) is 15.7. The molecule has 0 heterocycles. The minimum absolute atomic E-state index is 0.00810. The van der Waals surface area contributed by atoms with Gasteiger partial charge < -0.3 is 15.6 Å². The van der Waals surface area contributed by atoms with Crippen LogP contribution in [-0.2, 0) is 14.3 Å². The molecule has 2 aliphatic carbocycles. The molecule has 0 amide bonds. The second kappa shape index (κ2) is 7.76. The van der Waals surface area contributed by atoms with E-state index in [4.69, 9.17) is 15.6 Å². The van der Waals surface area contributed by atoms with Crippen LogP contribution in [0.25, 0.3) is 11.1 Å². The van der Waals surface area contributed by atoms with Gasteiger partial charge in [0, 0.05) is 5.92 Å². The lowest BCUT2D eigenvalue weighted by Crippen LogP contribution is -2.42. The molecule has 1 unspecified atom stereocenters. The molecule has 3 N–H and O–H groups in total. The van der Waals surface area contributed by atoms with Crippen LogP contribution in [0.3, 0.4) is 0 Å². The number of hydrogen-bond acceptors (Lipinski definition) is 4. The van der Waals surface area contributed by atoms with Gasteiger partial charge >= 0.3 is 11.9 Å². The number of rotatable bonds is 5. The second-order valence-electron chi connectivity index (χ2n) is 7.83. The molecule has 0 saturated heterocycles. The fourth-order valence-electron chi connectivity index (χ4n) is 4.62. The predicted octanol–water partition coefficient (Wildman–Crippen LogP) is 3.56. The van der Waals surface area contributed by atoms with Gasteiger partial charge in [0.05, 0.1) is 5.92 Å². The summed E-state index contributed by atoms with van der Waals surface area (Å²) in [7, 11) is 0. The zero-order chi connectivity index (χ0) is 19.7. The summed E-state index contributed by atoms with van der Waals surface area (Å²) in [5.41, 5.74) is 10.9. The average molecular weight is 379 g/mol. The molecular weight excluding hydrogens is 354 g/mol. The quantitative estimate of drug-likeness (QED) is 0.776. The topological polar surface area (TPSA) is 89.6 Å². The van der Waals surface area contributed by atoms with Crippen LogP contribution in [0.1, 0.15) is 42.7 Å². The van der Waals surface area contributed by atoms with E-state index in [1.807, 2.05) is 24.3 Å². The first-order valence-electron chi connectivity index (χ1n) is 9.89. The smallest absolute Gasteiger partial charge is 0.323 e. The number of carbonyl (C=O) groups is 2. The predicted molar refractivity (Wildman–Crippen MR) is 106 cm³/mol. The summed E-state index contributed by atoms with van der Waals surface area (Å²) in [6.07, 6.45) is 2.46. The van der Waals surface area contributed by atoms with Gasteiger partial charge in [-0.3, -0.25) is 9.59 Å². The van der Waals surface area contributed by atoms with Crippen molar-refractivity contribution in [2.75, 3.05) is 6.61 Å². The number of carbonyl (C=O) groups excluding carboxylic acids is 1. The van der Waals surface area contributed by atoms with Gasteiger partial charge in [0.2, 0.25) is 0 Å². The van der Waals surface area contributed by atoms with Crippen molar-refractivity contribution in [1.29, 1.82) is 0 Å². The lowest BCUT2D eigenvalue weighted by Gasteiger charge is -2.29. The summed E-state index contributed by atoms with van der Waals surface area (Å²) in [5, 5.41) is 9.12. The molecule has 5 heteroatoms. The molecule has 1 saturated carbocycles. The fourth-order valence-corrected chi connectivity index (χ4v) is 4.62. The molecule has 2 aliphatic rings. The summed E-state index contributed by atoms with van der Waals surface area (Å²) in [5.74, 6) is -1.45. The van der Waals surface area contributed by atoms with Gasteiger partial charge in [-0.05, 0) is 53.9 Å². The van der Waals surface area contributed by atoms with Crippen molar-refractivity contribution in [3.05, 3.63) is 59.7 Å². The first-order chi connectivity index (χ1) is 13.6. The molecule has 4 rings (SSSR count). The van der Waals surface area contributed by atoms with Crippen molar-refractivity contribution in [1.82, 2.24) is 0 Å². The first-order valence-corrected chi connectivity index (χ1v) is 9.89. The lowest BCUT2D eigenvalue weighted by atomic mass is 9.79. The number of fused-ring (bicyclic) bond motifs is 3. The van der Waals surface area contributed by atoms with Gasteiger partial charge in [0.1, 0.15) is 12.6 Å². The number of carboxylic acid groups (broad SMARTS) is 1. The highest BCUT2D eigenvalue weighted by molar-refractivity contribution is 5.80. The van der Waals surface area contributed by atoms with Crippen LogP contribution < -0.4 is 5.73 Å². The van der Waals surface area contributed by atoms with Crippen molar-refractivity contribution < 1.29 is 19.4 Å². The van der Waals surface area contributed by atoms with Gasteiger partial charge in [-0.1, -0.05) is 48.5 Å². The maximum Gasteiger partial charge on any atom is 0.323 e. The summed E-state index contributed by atoms with van der Waals surface area (Å²) >= 11 is 0. The Morgan fingerprint density at radius 1 is 0.964 bits per heavy atom. The Morgan fingerprint density at radius 3 is 2.04 bits per heavy atom. The van der Waals surface area contributed by atoms with E-state index in [0.29, 0.717) is 25.7 Å². The molecule has 1 atom stereocenters. The van der Waals surface area contributed by atoms with Crippen LogP contribution in [0.5, 0.6) is 0 Å². The van der Waals surface area contributed by atoms with Crippen LogP contribution >= 0.6 is 0 Å². The van der Waals surface area contributed by atoms with Gasteiger partial charge in [0.25, 0.3) is 0 Å². The average Bonchev–Trinajstić information content (AvgIpc) is 3.05. The van der Waals surface area contributed by atoms with E-state index in [0.717, 1.165) is 0 Å². The van der Waals surface area contributed by atoms with E-state index in [1.54, 1.807) is 0 Å². The minimum Gasteiger partial charge on any atom is -0.481 e. The Bertz CT molecular complexity index is 840. The molecule has 1 fully saturated rings. The highest BCUT2D eigenvalue weighted by Gasteiger charge is 2.34. The third-order valence-corrected chi connectivity index (χ3v) is 6.26. The van der Waals surface area contributed by atoms with Crippen molar-refractivity contribution in [2.24, 2.45) is 17.6 Å². The van der Waals surface area contributed by atoms with Gasteiger partial charge in [-0.15, -0.1) is 0 Å². The highest BCUT2D eigenvalue weighted by Crippen LogP contribution is 2.44. The van der Waals surface area contributed by atoms with Crippen molar-refractivity contribution >= 4 is 11.9 Å². The van der Waals surface area contributed by atoms with E-state index in [2.05, 4.69) is 24.3 Å². The number of aliphatic carboxylic acids is 1. The highest BCUT2D eigenvalue weighted by atomic mass is 16.5. The summed E-state index contributed by atoms with van der Waals surface area (Å²) < 4.78 is 5.65. The standard InChI is InChI=1S/C23H25NO4/c24-21(14-9-11-15(12-10-14)22(25)26)23(27)28-13-20-18-7-3-1-5-16(18)17-6-2-4-8-19(17)20/h1-8,14-15,20-21H,9-13,24H2,(H,25,26)/t14-,15-,21?. The zero-order valence-electron chi connectivity index (χ0n) is 15.7. The van der Waals surface area contributed by atoms with E-state index >= 15 is 0 Å². The van der Waals surface area contributed by atoms with Gasteiger partial charge in [0.15, 0.2) is 0 Å². The number of hydrogen-bond donors (Lipinski definition) is 2. The Morgan fingerprint density at radius 2 is 1.50 bits per heavy atom. The van der Waals surface area contributed by atoms with Gasteiger partial charge in [-0.2, -0.15) is 0 Å². The third-order valence-electron chi connectivity index (χ3n) is 6.26. The molecule has 0 spiro atoms. The Labute approximate surface area is 164 Å². The van der Waals surface area contributed by atoms with Crippen LogP contribution in [-0.4, -0.2) is 29.7 Å². The van der Waals surface area contributed by atoms with Crippen LogP contribution in [0.15, 0.2) is 48.5 Å². The number of ether oxygens (including phenoxy) is 1. The van der Waals surface area contributed by atoms with Crippen LogP contribution in [0.4, 0.5) is 0 Å². The van der Waals surface area contributed by atoms with E-state index in [9.17, 15) is 9.59 Å². The summed E-state index contributed by atoms with van der Waals surface area (Å²) in [6, 6.07) is 15.7. The molecule has 0 aromatic heterocycles. The van der Waals surface area contributed by atoms with Crippen LogP contribution in [0.2, 0.25) is 0 Å². The summed E-state index contributed by atoms with van der Waals surface area (Å²) in [6.45, 7) is 0.269. The normalized spacial score (nSPS) is 22.2. The Kier molecular flexibility index (Phi) is 5.18. The monoisotopic (exact) mass is 379 g/mol. The fraction of sp³-hybridized carbons (Fsp3) is 0.391. The van der Waals surface area contributed by atoms with E-state index in [1.165, 1.54) is 22.3 Å². The largest absolute Gasteiger partial charge is 0.481 e. The van der Waals surface area contributed by atoms with Crippen molar-refractivity contribution in [2.45, 2.75) is 37.6 Å². The maximum atomic E-state index is 12.6. The maximum absolute atomic E-state index is 12.6. The third kappa shape index (κ3) is 3.42. The summed E-state index contributed by atoms with van der Waals surface area (Å²) in [4.78, 5) is 23.7. The molecule has 146 valence electrons. The lowest BCUT2D eigenvalue weighted by molar-refractivity contribution is -0.147. The number of benzene rings is 2. The Balaban J connectivity index is 1.41. The van der Waals surface area contributed by atoms with Crippen molar-refractivity contribution in [3.8, 4) is 11.1 Å². The number of esters is 1. The SMILES string of the molecule is NC(C(=O)OCC1c2ccccc2-c2ccccc21)[C@H]1CC[C@H](C(=O)O)CC1. The molecule has 2 aromatic rings. The molecule has 28 heavy (non-hydrogen) atoms. The number of nitrogens with two attached hydrogens (primary N) is 1. The molecule has 5 nitrogen and oxygen atoms in total. The Hall–Kier alpha value is -2.66. The number of carboxylic acids is 1. The van der Waals surface area contributed by atoms with E-state index < -0.39 is 12.0 Å². The van der Waals surface area contributed by atoms with E-state index in [-0.39, 0.29) is 30.3 Å². The molecular formula is C23H25NO4. The molecule has 2 aromatic carbocycles. The first kappa shape index (κ1) is 18.7. The molecule has 0 radical (unpaired) electrons. The van der Waals surface area contributed by atoms with Gasteiger partial charge in [-0.25, -0.2) is 0 Å². The minimum atomic E-state index is -0.756. The molecule has 0 aliphatic heterocycles. The molecule has 0 bridgehead atoms.